The minimum absolute atomic E-state index is 0.277. The molecule has 0 aliphatic carbocycles. The van der Waals surface area contributed by atoms with Gasteiger partial charge in [-0.3, -0.25) is 4.90 Å². The molecule has 1 unspecified atom stereocenters. The summed E-state index contributed by atoms with van der Waals surface area (Å²) in [7, 11) is 0. The molecule has 3 nitrogen and oxygen atoms in total. The molecule has 0 bridgehead atoms. The Morgan fingerprint density at radius 3 is 2.29 bits per heavy atom. The predicted molar refractivity (Wildman–Crippen MR) is 60.6 cm³/mol. The number of nitrogens with two attached hydrogens (primary N) is 2. The lowest BCUT2D eigenvalue weighted by Gasteiger charge is -2.38. The van der Waals surface area contributed by atoms with Gasteiger partial charge in [-0.15, -0.1) is 0 Å². The molecule has 1 fully saturated rings. The molecular weight excluding hydrogens is 174 g/mol. The van der Waals surface area contributed by atoms with Crippen LogP contribution in [0.1, 0.15) is 46.0 Å². The highest BCUT2D eigenvalue weighted by molar-refractivity contribution is 4.78. The maximum Gasteiger partial charge on any atom is 0.109 e. The van der Waals surface area contributed by atoms with Crippen molar-refractivity contribution in [2.24, 2.45) is 17.4 Å². The van der Waals surface area contributed by atoms with Crippen molar-refractivity contribution in [2.75, 3.05) is 6.54 Å². The zero-order valence-corrected chi connectivity index (χ0v) is 9.58. The van der Waals surface area contributed by atoms with Gasteiger partial charge in [0.2, 0.25) is 0 Å². The van der Waals surface area contributed by atoms with Crippen LogP contribution in [0.4, 0.5) is 0 Å². The maximum atomic E-state index is 5.82. The van der Waals surface area contributed by atoms with Gasteiger partial charge in [-0.1, -0.05) is 33.1 Å². The molecule has 4 N–H and O–H groups in total. The molecule has 3 heteroatoms. The summed E-state index contributed by atoms with van der Waals surface area (Å²) in [5.74, 6) is 0.655. The van der Waals surface area contributed by atoms with Crippen molar-refractivity contribution in [3.8, 4) is 0 Å². The molecule has 14 heavy (non-hydrogen) atoms. The highest BCUT2D eigenvalue weighted by Crippen LogP contribution is 2.22. The quantitative estimate of drug-likeness (QED) is 0.662. The summed E-state index contributed by atoms with van der Waals surface area (Å²) in [6.45, 7) is 5.60. The first-order chi connectivity index (χ1) is 6.63. The van der Waals surface area contributed by atoms with Crippen LogP contribution in [0.5, 0.6) is 0 Å². The molecular formula is C11H25N3. The van der Waals surface area contributed by atoms with Gasteiger partial charge in [0, 0.05) is 12.6 Å². The maximum absolute atomic E-state index is 5.82. The summed E-state index contributed by atoms with van der Waals surface area (Å²) >= 11 is 0. The summed E-state index contributed by atoms with van der Waals surface area (Å²) in [4.78, 5) is 2.28. The van der Waals surface area contributed by atoms with Gasteiger partial charge in [-0.2, -0.15) is 0 Å². The Kier molecular flexibility index (Phi) is 4.85. The summed E-state index contributed by atoms with van der Waals surface area (Å²) in [6, 6.07) is 0.579. The Balaban J connectivity index is 2.60. The molecule has 0 radical (unpaired) electrons. The van der Waals surface area contributed by atoms with Crippen molar-refractivity contribution < 1.29 is 0 Å². The lowest BCUT2D eigenvalue weighted by molar-refractivity contribution is 0.0873. The summed E-state index contributed by atoms with van der Waals surface area (Å²) in [6.07, 6.45) is 6.24. The smallest absolute Gasteiger partial charge is 0.109 e. The van der Waals surface area contributed by atoms with E-state index in [1.807, 2.05) is 0 Å². The van der Waals surface area contributed by atoms with Gasteiger partial charge in [0.25, 0.3) is 0 Å². The molecule has 1 atom stereocenters. The van der Waals surface area contributed by atoms with E-state index in [9.17, 15) is 0 Å². The average molecular weight is 199 g/mol. The molecule has 0 spiro atoms. The fourth-order valence-corrected chi connectivity index (χ4v) is 2.42. The molecule has 1 aliphatic heterocycles. The van der Waals surface area contributed by atoms with Gasteiger partial charge >= 0.3 is 0 Å². The van der Waals surface area contributed by atoms with Crippen LogP contribution in [0.2, 0.25) is 0 Å². The molecule has 0 aromatic carbocycles. The molecule has 0 saturated carbocycles. The second kappa shape index (κ2) is 5.69. The highest BCUT2D eigenvalue weighted by atomic mass is 15.3. The van der Waals surface area contributed by atoms with Crippen molar-refractivity contribution in [3.05, 3.63) is 0 Å². The van der Waals surface area contributed by atoms with E-state index < -0.39 is 0 Å². The third-order valence-corrected chi connectivity index (χ3v) is 3.24. The Hall–Kier alpha value is -0.120. The van der Waals surface area contributed by atoms with E-state index in [-0.39, 0.29) is 6.29 Å². The Labute approximate surface area is 87.8 Å². The van der Waals surface area contributed by atoms with Crippen LogP contribution in [0.15, 0.2) is 0 Å². The molecule has 0 aromatic heterocycles. The standard InChI is InChI=1S/C11H25N3/c1-9(2)10-7-5-3-4-6-8-14(10)11(12)13/h9-11H,3-8,12-13H2,1-2H3. The van der Waals surface area contributed by atoms with Gasteiger partial charge in [0.15, 0.2) is 0 Å². The third kappa shape index (κ3) is 3.23. The van der Waals surface area contributed by atoms with Crippen molar-refractivity contribution in [3.63, 3.8) is 0 Å². The fourth-order valence-electron chi connectivity index (χ4n) is 2.42. The van der Waals surface area contributed by atoms with E-state index in [0.29, 0.717) is 12.0 Å². The molecule has 1 saturated heterocycles. The first kappa shape index (κ1) is 12.0. The molecule has 1 rings (SSSR count). The largest absolute Gasteiger partial charge is 0.304 e. The van der Waals surface area contributed by atoms with Crippen molar-refractivity contribution in [1.82, 2.24) is 4.90 Å². The van der Waals surface area contributed by atoms with Crippen LogP contribution in [0.25, 0.3) is 0 Å². The zero-order chi connectivity index (χ0) is 10.6. The SMILES string of the molecule is CC(C)C1CCCCCCN1C(N)N. The first-order valence-corrected chi connectivity index (χ1v) is 5.90. The first-order valence-electron chi connectivity index (χ1n) is 5.90. The van der Waals surface area contributed by atoms with Crippen molar-refractivity contribution in [2.45, 2.75) is 58.3 Å². The topological polar surface area (TPSA) is 55.3 Å². The van der Waals surface area contributed by atoms with E-state index in [1.165, 1.54) is 32.1 Å². The van der Waals surface area contributed by atoms with Gasteiger partial charge < -0.3 is 11.5 Å². The van der Waals surface area contributed by atoms with Gasteiger partial charge in [-0.25, -0.2) is 0 Å². The van der Waals surface area contributed by atoms with E-state index in [4.69, 9.17) is 11.5 Å². The van der Waals surface area contributed by atoms with Crippen LogP contribution in [-0.4, -0.2) is 23.8 Å². The predicted octanol–water partition coefficient (Wildman–Crippen LogP) is 1.48. The van der Waals surface area contributed by atoms with Gasteiger partial charge in [0.1, 0.15) is 6.29 Å². The van der Waals surface area contributed by atoms with Crippen LogP contribution in [0.3, 0.4) is 0 Å². The van der Waals surface area contributed by atoms with E-state index >= 15 is 0 Å². The van der Waals surface area contributed by atoms with Gasteiger partial charge in [-0.05, 0) is 18.8 Å². The van der Waals surface area contributed by atoms with E-state index in [2.05, 4.69) is 18.7 Å². The second-order valence-electron chi connectivity index (χ2n) is 4.74. The number of likely N-dealkylation sites (tertiary alicyclic amines) is 1. The number of hydrogen-bond acceptors (Lipinski definition) is 3. The van der Waals surface area contributed by atoms with E-state index in [0.717, 1.165) is 6.54 Å². The Bertz CT molecular complexity index is 139. The lowest BCUT2D eigenvalue weighted by atomic mass is 9.93. The number of rotatable bonds is 2. The van der Waals surface area contributed by atoms with Gasteiger partial charge in [0.05, 0.1) is 0 Å². The minimum Gasteiger partial charge on any atom is -0.304 e. The monoisotopic (exact) mass is 199 g/mol. The van der Waals surface area contributed by atoms with Crippen molar-refractivity contribution >= 4 is 0 Å². The third-order valence-electron chi connectivity index (χ3n) is 3.24. The zero-order valence-electron chi connectivity index (χ0n) is 9.58. The normalized spacial score (nSPS) is 26.6. The molecule has 0 aromatic rings. The molecule has 1 heterocycles. The van der Waals surface area contributed by atoms with Crippen molar-refractivity contribution in [1.29, 1.82) is 0 Å². The highest BCUT2D eigenvalue weighted by Gasteiger charge is 2.25. The Morgan fingerprint density at radius 1 is 1.07 bits per heavy atom. The minimum atomic E-state index is -0.277. The molecule has 1 aliphatic rings. The average Bonchev–Trinajstić information content (AvgIpc) is 2.01. The second-order valence-corrected chi connectivity index (χ2v) is 4.74. The van der Waals surface area contributed by atoms with E-state index in [1.54, 1.807) is 0 Å². The van der Waals surface area contributed by atoms with Crippen LogP contribution >= 0.6 is 0 Å². The van der Waals surface area contributed by atoms with Crippen LogP contribution < -0.4 is 11.5 Å². The Morgan fingerprint density at radius 2 is 1.71 bits per heavy atom. The molecule has 84 valence electrons. The summed E-state index contributed by atoms with van der Waals surface area (Å²) in [5, 5.41) is 0. The number of hydrogen-bond donors (Lipinski definition) is 2. The lowest BCUT2D eigenvalue weighted by Crippen LogP contribution is -2.55. The number of nitrogens with zero attached hydrogens (tertiary/aromatic N) is 1. The summed E-state index contributed by atoms with van der Waals surface area (Å²) < 4.78 is 0. The summed E-state index contributed by atoms with van der Waals surface area (Å²) in [5.41, 5.74) is 11.6. The fraction of sp³-hybridized carbons (Fsp3) is 1.00. The molecule has 0 amide bonds. The van der Waals surface area contributed by atoms with Crippen LogP contribution in [0, 0.1) is 5.92 Å². The van der Waals surface area contributed by atoms with Crippen LogP contribution in [-0.2, 0) is 0 Å².